The molecule has 4 nitrogen and oxygen atoms in total. The Balaban J connectivity index is 2.33. The highest BCUT2D eigenvalue weighted by Crippen LogP contribution is 2.28. The van der Waals surface area contributed by atoms with Crippen LogP contribution in [0.4, 0.5) is 0 Å². The molecule has 0 fully saturated rings. The van der Waals surface area contributed by atoms with Crippen molar-refractivity contribution >= 4 is 12.2 Å². The zero-order valence-electron chi connectivity index (χ0n) is 10.2. The number of carboxylic acids is 1. The summed E-state index contributed by atoms with van der Waals surface area (Å²) in [7, 11) is 0. The highest BCUT2D eigenvalue weighted by atomic mass is 16.4. The van der Waals surface area contributed by atoms with E-state index in [1.165, 1.54) is 0 Å². The van der Waals surface area contributed by atoms with E-state index in [1.54, 1.807) is 19.3 Å². The number of hydrogen-bond donors (Lipinski definition) is 2. The van der Waals surface area contributed by atoms with Crippen molar-refractivity contribution in [2.24, 2.45) is 4.99 Å². The van der Waals surface area contributed by atoms with Gasteiger partial charge in [-0.3, -0.25) is 15.1 Å². The highest BCUT2D eigenvalue weighted by Gasteiger charge is 2.32. The summed E-state index contributed by atoms with van der Waals surface area (Å²) in [6.45, 7) is 1.65. The Bertz CT molecular complexity index is 482. The molecule has 0 amide bonds. The minimum Gasteiger partial charge on any atom is -0.480 e. The molecule has 0 radical (unpaired) electrons. The van der Waals surface area contributed by atoms with Gasteiger partial charge in [-0.25, -0.2) is 0 Å². The molecule has 0 aromatic heterocycles. The molecule has 1 aromatic carbocycles. The number of benzene rings is 1. The molecule has 18 heavy (non-hydrogen) atoms. The fourth-order valence-corrected chi connectivity index (χ4v) is 2.08. The summed E-state index contributed by atoms with van der Waals surface area (Å²) < 4.78 is 0. The third-order valence-corrected chi connectivity index (χ3v) is 3.10. The molecule has 2 rings (SSSR count). The molecule has 0 saturated heterocycles. The maximum Gasteiger partial charge on any atom is 0.320 e. The van der Waals surface area contributed by atoms with E-state index < -0.39 is 17.6 Å². The summed E-state index contributed by atoms with van der Waals surface area (Å²) in [4.78, 5) is 15.1. The topological polar surface area (TPSA) is 61.7 Å². The van der Waals surface area contributed by atoms with Crippen LogP contribution in [-0.4, -0.2) is 23.3 Å². The fraction of sp³-hybridized carbons (Fsp3) is 0.286. The van der Waals surface area contributed by atoms with E-state index in [2.05, 4.69) is 10.3 Å². The summed E-state index contributed by atoms with van der Waals surface area (Å²) in [6, 6.07) is 9.20. The van der Waals surface area contributed by atoms with Crippen molar-refractivity contribution in [2.45, 2.75) is 24.9 Å². The fourth-order valence-electron chi connectivity index (χ4n) is 2.08. The van der Waals surface area contributed by atoms with Crippen LogP contribution < -0.4 is 5.32 Å². The Morgan fingerprint density at radius 1 is 1.44 bits per heavy atom. The number of carboxylic acid groups (broad SMARTS) is 1. The van der Waals surface area contributed by atoms with Crippen molar-refractivity contribution < 1.29 is 9.90 Å². The van der Waals surface area contributed by atoms with Crippen molar-refractivity contribution in [1.29, 1.82) is 0 Å². The number of aliphatic carboxylic acids is 1. The number of nitrogens with zero attached hydrogens (tertiary/aromatic N) is 1. The monoisotopic (exact) mass is 244 g/mol. The number of carbonyl (C=O) groups is 1. The normalized spacial score (nSPS) is 23.8. The van der Waals surface area contributed by atoms with E-state index in [1.807, 2.05) is 36.4 Å². The summed E-state index contributed by atoms with van der Waals surface area (Å²) in [5.74, 6) is -0.860. The molecule has 1 aliphatic rings. The quantitative estimate of drug-likeness (QED) is 0.850. The number of nitrogens with one attached hydrogen (secondary N) is 1. The highest BCUT2D eigenvalue weighted by molar-refractivity contribution is 5.73. The lowest BCUT2D eigenvalue weighted by atomic mass is 9.85. The van der Waals surface area contributed by atoms with Crippen LogP contribution in [0.25, 0.3) is 0 Å². The van der Waals surface area contributed by atoms with Gasteiger partial charge in [-0.15, -0.1) is 0 Å². The lowest BCUT2D eigenvalue weighted by Crippen LogP contribution is -2.49. The van der Waals surface area contributed by atoms with Gasteiger partial charge >= 0.3 is 5.97 Å². The van der Waals surface area contributed by atoms with Gasteiger partial charge in [0.25, 0.3) is 0 Å². The predicted molar refractivity (Wildman–Crippen MR) is 70.6 cm³/mol. The van der Waals surface area contributed by atoms with Gasteiger partial charge in [0.15, 0.2) is 0 Å². The van der Waals surface area contributed by atoms with E-state index in [0.717, 1.165) is 5.56 Å². The SMILES string of the molecule is C[C@H](NC1(c2ccccc2)C=CN=CC1)C(=O)O. The van der Waals surface area contributed by atoms with E-state index in [-0.39, 0.29) is 0 Å². The standard InChI is InChI=1S/C14H16N2O2/c1-11(13(17)18)16-14(7-9-15-10-8-14)12-5-3-2-4-6-12/h2-7,9-11,16H,8H2,1H3,(H,17,18)/t11-,14?/m0/s1. The molecule has 1 aliphatic heterocycles. The third kappa shape index (κ3) is 2.49. The van der Waals surface area contributed by atoms with Gasteiger partial charge in [0, 0.05) is 18.8 Å². The molecule has 0 spiro atoms. The first-order valence-electron chi connectivity index (χ1n) is 5.89. The Morgan fingerprint density at radius 3 is 2.72 bits per heavy atom. The van der Waals surface area contributed by atoms with Crippen LogP contribution in [0.1, 0.15) is 18.9 Å². The van der Waals surface area contributed by atoms with Crippen molar-refractivity contribution in [3.63, 3.8) is 0 Å². The molecule has 2 atom stereocenters. The predicted octanol–water partition coefficient (Wildman–Crippen LogP) is 1.93. The minimum atomic E-state index is -0.860. The molecule has 4 heteroatoms. The van der Waals surface area contributed by atoms with E-state index >= 15 is 0 Å². The Hall–Kier alpha value is -1.94. The van der Waals surface area contributed by atoms with Gasteiger partial charge in [0.1, 0.15) is 6.04 Å². The second-order valence-corrected chi connectivity index (χ2v) is 4.39. The smallest absolute Gasteiger partial charge is 0.320 e. The molecule has 0 bridgehead atoms. The first-order chi connectivity index (χ1) is 8.64. The molecule has 94 valence electrons. The molecule has 0 saturated carbocycles. The van der Waals surface area contributed by atoms with Crippen molar-refractivity contribution in [2.75, 3.05) is 0 Å². The van der Waals surface area contributed by atoms with Crippen LogP contribution in [0, 0.1) is 0 Å². The first kappa shape index (κ1) is 12.5. The van der Waals surface area contributed by atoms with Crippen molar-refractivity contribution in [1.82, 2.24) is 5.32 Å². The van der Waals surface area contributed by atoms with E-state index in [9.17, 15) is 4.79 Å². The lowest BCUT2D eigenvalue weighted by Gasteiger charge is -2.34. The van der Waals surface area contributed by atoms with Crippen molar-refractivity contribution in [3.8, 4) is 0 Å². The summed E-state index contributed by atoms with van der Waals surface area (Å²) in [6.07, 6.45) is 6.07. The maximum absolute atomic E-state index is 11.0. The number of aliphatic imine (C=N–C) groups is 1. The molecule has 1 unspecified atom stereocenters. The van der Waals surface area contributed by atoms with Crippen LogP contribution >= 0.6 is 0 Å². The summed E-state index contributed by atoms with van der Waals surface area (Å²) in [5, 5.41) is 12.2. The third-order valence-electron chi connectivity index (χ3n) is 3.10. The van der Waals surface area contributed by atoms with Crippen LogP contribution in [0.3, 0.4) is 0 Å². The average molecular weight is 244 g/mol. The van der Waals surface area contributed by atoms with Gasteiger partial charge in [-0.1, -0.05) is 30.3 Å². The van der Waals surface area contributed by atoms with Crippen LogP contribution in [0.2, 0.25) is 0 Å². The zero-order valence-corrected chi connectivity index (χ0v) is 10.2. The molecule has 0 aliphatic carbocycles. The average Bonchev–Trinajstić information content (AvgIpc) is 2.40. The molecular weight excluding hydrogens is 228 g/mol. The van der Waals surface area contributed by atoms with Gasteiger partial charge in [0.05, 0.1) is 5.54 Å². The first-order valence-corrected chi connectivity index (χ1v) is 5.89. The maximum atomic E-state index is 11.0. The number of rotatable bonds is 4. The molecule has 1 heterocycles. The molecule has 2 N–H and O–H groups in total. The van der Waals surface area contributed by atoms with Crippen LogP contribution in [0.15, 0.2) is 47.6 Å². The van der Waals surface area contributed by atoms with Crippen LogP contribution in [-0.2, 0) is 10.3 Å². The summed E-state index contributed by atoms with van der Waals surface area (Å²) in [5.41, 5.74) is 0.557. The van der Waals surface area contributed by atoms with Gasteiger partial charge < -0.3 is 5.11 Å². The van der Waals surface area contributed by atoms with Crippen LogP contribution in [0.5, 0.6) is 0 Å². The van der Waals surface area contributed by atoms with E-state index in [0.29, 0.717) is 6.42 Å². The Labute approximate surface area is 106 Å². The second-order valence-electron chi connectivity index (χ2n) is 4.39. The van der Waals surface area contributed by atoms with E-state index in [4.69, 9.17) is 5.11 Å². The number of hydrogen-bond acceptors (Lipinski definition) is 3. The minimum absolute atomic E-state index is 0.485. The Morgan fingerprint density at radius 2 is 2.17 bits per heavy atom. The van der Waals surface area contributed by atoms with Gasteiger partial charge in [-0.2, -0.15) is 0 Å². The molecule has 1 aromatic rings. The van der Waals surface area contributed by atoms with Gasteiger partial charge in [-0.05, 0) is 18.6 Å². The largest absolute Gasteiger partial charge is 0.480 e. The zero-order chi connectivity index (χ0) is 13.0. The second kappa shape index (κ2) is 5.14. The summed E-state index contributed by atoms with van der Waals surface area (Å²) >= 11 is 0. The van der Waals surface area contributed by atoms with Gasteiger partial charge in [0.2, 0.25) is 0 Å². The Kier molecular flexibility index (Phi) is 3.58. The van der Waals surface area contributed by atoms with Crippen molar-refractivity contribution in [3.05, 3.63) is 48.2 Å². The molecular formula is C14H16N2O2. The lowest BCUT2D eigenvalue weighted by molar-refractivity contribution is -0.139.